The quantitative estimate of drug-likeness (QED) is 0.485. The van der Waals surface area contributed by atoms with Crippen LogP contribution < -0.4 is 10.2 Å². The van der Waals surface area contributed by atoms with Crippen LogP contribution in [0.2, 0.25) is 10.0 Å². The van der Waals surface area contributed by atoms with Gasteiger partial charge in [0.05, 0.1) is 33.8 Å². The van der Waals surface area contributed by atoms with Crippen LogP contribution in [0, 0.1) is 17.8 Å². The highest BCUT2D eigenvalue weighted by atomic mass is 35.5. The smallest absolute Gasteiger partial charge is 0.338 e. The van der Waals surface area contributed by atoms with Gasteiger partial charge in [0, 0.05) is 5.02 Å². The van der Waals surface area contributed by atoms with Gasteiger partial charge in [-0.1, -0.05) is 36.2 Å². The molecular formula is C24H22Cl2N2O5. The minimum absolute atomic E-state index is 0.133. The number of fused-ring (bicyclic) bond motifs is 1. The van der Waals surface area contributed by atoms with E-state index >= 15 is 0 Å². The number of hydrogen-bond donors (Lipinski definition) is 1. The van der Waals surface area contributed by atoms with Gasteiger partial charge in [-0.2, -0.15) is 0 Å². The number of halogens is 2. The molecule has 33 heavy (non-hydrogen) atoms. The first-order valence-corrected chi connectivity index (χ1v) is 11.4. The number of rotatable bonds is 5. The number of carbonyl (C=O) groups excluding carboxylic acids is 4. The topological polar surface area (TPSA) is 92.8 Å². The van der Waals surface area contributed by atoms with Gasteiger partial charge in [-0.05, 0) is 61.6 Å². The van der Waals surface area contributed by atoms with E-state index < -0.39 is 18.5 Å². The number of nitrogens with one attached hydrogen (secondary N) is 1. The molecule has 1 saturated heterocycles. The summed E-state index contributed by atoms with van der Waals surface area (Å²) in [5.74, 6) is -1.97. The lowest BCUT2D eigenvalue weighted by atomic mass is 9.76. The molecule has 0 aromatic heterocycles. The summed E-state index contributed by atoms with van der Waals surface area (Å²) in [5, 5.41) is 3.22. The Kier molecular flexibility index (Phi) is 6.72. The number of nitrogens with zero attached hydrogens (tertiary/aromatic N) is 1. The highest BCUT2D eigenvalue weighted by molar-refractivity contribution is 6.36. The maximum absolute atomic E-state index is 12.9. The second-order valence-corrected chi connectivity index (χ2v) is 9.29. The zero-order chi connectivity index (χ0) is 23.7. The molecule has 1 N–H and O–H groups in total. The van der Waals surface area contributed by atoms with Crippen LogP contribution in [-0.2, 0) is 19.1 Å². The predicted molar refractivity (Wildman–Crippen MR) is 124 cm³/mol. The van der Waals surface area contributed by atoms with Gasteiger partial charge < -0.3 is 10.1 Å². The molecule has 4 rings (SSSR count). The predicted octanol–water partition coefficient (Wildman–Crippen LogP) is 4.71. The lowest BCUT2D eigenvalue weighted by molar-refractivity contribution is -0.122. The van der Waals surface area contributed by atoms with Crippen molar-refractivity contribution < 1.29 is 23.9 Å². The lowest BCUT2D eigenvalue weighted by Crippen LogP contribution is -2.31. The molecular weight excluding hydrogens is 467 g/mol. The maximum Gasteiger partial charge on any atom is 0.338 e. The van der Waals surface area contributed by atoms with Crippen molar-refractivity contribution in [3.8, 4) is 0 Å². The SMILES string of the molecule is C[C@@H]1CC[C@H]2C(=O)N(c3cccc(C(=O)OCC(=O)Nc4ccc(Cl)cc4Cl)c3)C(=O)[C@H]2C1. The van der Waals surface area contributed by atoms with Crippen LogP contribution >= 0.6 is 23.2 Å². The molecule has 0 radical (unpaired) electrons. The molecule has 172 valence electrons. The molecule has 9 heteroatoms. The fraction of sp³-hybridized carbons (Fsp3) is 0.333. The van der Waals surface area contributed by atoms with Crippen molar-refractivity contribution in [2.24, 2.45) is 17.8 Å². The highest BCUT2D eigenvalue weighted by Gasteiger charge is 2.50. The molecule has 3 atom stereocenters. The number of anilines is 2. The highest BCUT2D eigenvalue weighted by Crippen LogP contribution is 2.42. The summed E-state index contributed by atoms with van der Waals surface area (Å²) in [4.78, 5) is 51.6. The Bertz CT molecular complexity index is 1140. The zero-order valence-corrected chi connectivity index (χ0v) is 19.4. The molecule has 2 fully saturated rings. The largest absolute Gasteiger partial charge is 0.452 e. The fourth-order valence-corrected chi connectivity index (χ4v) is 4.86. The third-order valence-corrected chi connectivity index (χ3v) is 6.62. The summed E-state index contributed by atoms with van der Waals surface area (Å²) in [6.45, 7) is 1.55. The summed E-state index contributed by atoms with van der Waals surface area (Å²) in [5.41, 5.74) is 0.804. The number of benzene rings is 2. The Balaban J connectivity index is 1.41. The van der Waals surface area contributed by atoms with Gasteiger partial charge in [-0.15, -0.1) is 0 Å². The Morgan fingerprint density at radius 2 is 1.82 bits per heavy atom. The van der Waals surface area contributed by atoms with Gasteiger partial charge in [-0.3, -0.25) is 19.3 Å². The molecule has 2 aromatic carbocycles. The zero-order valence-electron chi connectivity index (χ0n) is 17.8. The van der Waals surface area contributed by atoms with Gasteiger partial charge in [0.1, 0.15) is 0 Å². The van der Waals surface area contributed by atoms with Crippen molar-refractivity contribution in [3.05, 3.63) is 58.1 Å². The minimum atomic E-state index is -0.751. The Morgan fingerprint density at radius 1 is 1.06 bits per heavy atom. The summed E-state index contributed by atoms with van der Waals surface area (Å²) < 4.78 is 5.10. The molecule has 1 aliphatic carbocycles. The number of imide groups is 1. The third kappa shape index (κ3) is 4.89. The van der Waals surface area contributed by atoms with E-state index in [4.69, 9.17) is 27.9 Å². The van der Waals surface area contributed by atoms with Crippen molar-refractivity contribution in [2.75, 3.05) is 16.8 Å². The van der Waals surface area contributed by atoms with E-state index in [1.165, 1.54) is 29.2 Å². The van der Waals surface area contributed by atoms with Gasteiger partial charge in [0.25, 0.3) is 5.91 Å². The first-order chi connectivity index (χ1) is 15.7. The van der Waals surface area contributed by atoms with Crippen LogP contribution in [0.15, 0.2) is 42.5 Å². The molecule has 2 aromatic rings. The van der Waals surface area contributed by atoms with Crippen LogP contribution in [0.4, 0.5) is 11.4 Å². The second kappa shape index (κ2) is 9.53. The van der Waals surface area contributed by atoms with Crippen LogP contribution in [-0.4, -0.2) is 30.3 Å². The maximum atomic E-state index is 12.9. The van der Waals surface area contributed by atoms with E-state index in [9.17, 15) is 19.2 Å². The summed E-state index contributed by atoms with van der Waals surface area (Å²) in [7, 11) is 0. The number of ether oxygens (including phenoxy) is 1. The summed E-state index contributed by atoms with van der Waals surface area (Å²) in [6, 6.07) is 10.7. The fourth-order valence-electron chi connectivity index (χ4n) is 4.41. The molecule has 0 spiro atoms. The second-order valence-electron chi connectivity index (χ2n) is 8.44. The van der Waals surface area contributed by atoms with E-state index in [2.05, 4.69) is 12.2 Å². The van der Waals surface area contributed by atoms with Crippen LogP contribution in [0.5, 0.6) is 0 Å². The monoisotopic (exact) mass is 488 g/mol. The van der Waals surface area contributed by atoms with E-state index in [0.29, 0.717) is 35.2 Å². The van der Waals surface area contributed by atoms with Gasteiger partial charge in [-0.25, -0.2) is 4.79 Å². The van der Waals surface area contributed by atoms with E-state index in [1.807, 2.05) is 0 Å². The number of carbonyl (C=O) groups is 4. The van der Waals surface area contributed by atoms with Crippen molar-refractivity contribution in [1.29, 1.82) is 0 Å². The van der Waals surface area contributed by atoms with Crippen LogP contribution in [0.25, 0.3) is 0 Å². The number of esters is 1. The van der Waals surface area contributed by atoms with Crippen LogP contribution in [0.1, 0.15) is 36.5 Å². The lowest BCUT2D eigenvalue weighted by Gasteiger charge is -2.25. The Morgan fingerprint density at radius 3 is 2.58 bits per heavy atom. The first kappa shape index (κ1) is 23.3. The first-order valence-electron chi connectivity index (χ1n) is 10.6. The van der Waals surface area contributed by atoms with Gasteiger partial charge >= 0.3 is 5.97 Å². The molecule has 7 nitrogen and oxygen atoms in total. The molecule has 1 aliphatic heterocycles. The van der Waals surface area contributed by atoms with Crippen LogP contribution in [0.3, 0.4) is 0 Å². The van der Waals surface area contributed by atoms with Crippen molar-refractivity contribution >= 4 is 58.3 Å². The van der Waals surface area contributed by atoms with Gasteiger partial charge in [0.2, 0.25) is 11.8 Å². The minimum Gasteiger partial charge on any atom is -0.452 e. The summed E-state index contributed by atoms with van der Waals surface area (Å²) >= 11 is 11.9. The Labute approximate surface area is 201 Å². The molecule has 0 bridgehead atoms. The molecule has 1 heterocycles. The number of amides is 3. The average Bonchev–Trinajstić information content (AvgIpc) is 3.03. The number of hydrogen-bond acceptors (Lipinski definition) is 5. The summed E-state index contributed by atoms with van der Waals surface area (Å²) in [6.07, 6.45) is 2.31. The molecule has 0 unspecified atom stereocenters. The normalized spacial score (nSPS) is 22.2. The standard InChI is InChI=1S/C24H22Cl2N2O5/c1-13-5-7-17-18(9-13)23(31)28(22(17)30)16-4-2-3-14(10-16)24(32)33-12-21(29)27-20-8-6-15(25)11-19(20)26/h2-4,6,8,10-11,13,17-18H,5,7,9,12H2,1H3,(H,27,29)/t13-,17-,18+/m1/s1. The molecule has 2 aliphatic rings. The third-order valence-electron chi connectivity index (χ3n) is 6.07. The molecule has 3 amide bonds. The van der Waals surface area contributed by atoms with E-state index in [0.717, 1.165) is 6.42 Å². The molecule has 1 saturated carbocycles. The van der Waals surface area contributed by atoms with Crippen molar-refractivity contribution in [1.82, 2.24) is 0 Å². The van der Waals surface area contributed by atoms with E-state index in [1.54, 1.807) is 18.2 Å². The van der Waals surface area contributed by atoms with E-state index in [-0.39, 0.29) is 34.2 Å². The Hall–Kier alpha value is -2.90. The van der Waals surface area contributed by atoms with Crippen molar-refractivity contribution in [3.63, 3.8) is 0 Å². The average molecular weight is 489 g/mol. The van der Waals surface area contributed by atoms with Crippen molar-refractivity contribution in [2.45, 2.75) is 26.2 Å². The van der Waals surface area contributed by atoms with Gasteiger partial charge in [0.15, 0.2) is 6.61 Å².